The zero-order chi connectivity index (χ0) is 12.9. The fourth-order valence-corrected chi connectivity index (χ4v) is 3.40. The maximum atomic E-state index is 2.30. The molecule has 0 atom stereocenters. The molecule has 0 amide bonds. The second-order valence-corrected chi connectivity index (χ2v) is 6.47. The van der Waals surface area contributed by atoms with E-state index >= 15 is 0 Å². The molecule has 0 spiro atoms. The molecule has 108 valence electrons. The Hall–Kier alpha value is 0. The minimum absolute atomic E-state index is 1.09. The molecule has 1 aliphatic carbocycles. The Balaban J connectivity index is 1.86. The summed E-state index contributed by atoms with van der Waals surface area (Å²) < 4.78 is 0. The molecular formula is C18H36. The van der Waals surface area contributed by atoms with E-state index in [0.717, 1.165) is 5.92 Å². The SMILES string of the molecule is CCCCCCCCCCC1CCCCCCC1. The van der Waals surface area contributed by atoms with Crippen molar-refractivity contribution in [2.24, 2.45) is 5.92 Å². The molecule has 0 aromatic carbocycles. The van der Waals surface area contributed by atoms with Crippen molar-refractivity contribution in [3.63, 3.8) is 0 Å². The quantitative estimate of drug-likeness (QED) is 0.392. The molecule has 1 aliphatic rings. The van der Waals surface area contributed by atoms with E-state index in [1.165, 1.54) is 103 Å². The molecule has 1 rings (SSSR count). The van der Waals surface area contributed by atoms with Gasteiger partial charge in [-0.05, 0) is 5.92 Å². The standard InChI is InChI=1S/C18H36/c1-2-3-4-5-6-7-9-12-15-18-16-13-10-8-11-14-17-18/h18H,2-17H2,1H3. The normalized spacial score (nSPS) is 18.5. The minimum atomic E-state index is 1.09. The van der Waals surface area contributed by atoms with Gasteiger partial charge in [0.05, 0.1) is 0 Å². The summed E-state index contributed by atoms with van der Waals surface area (Å²) in [6, 6.07) is 0. The average Bonchev–Trinajstić information content (AvgIpc) is 2.34. The Kier molecular flexibility index (Phi) is 10.8. The van der Waals surface area contributed by atoms with E-state index in [2.05, 4.69) is 6.92 Å². The Morgan fingerprint density at radius 3 is 1.72 bits per heavy atom. The van der Waals surface area contributed by atoms with Crippen LogP contribution in [0.15, 0.2) is 0 Å². The summed E-state index contributed by atoms with van der Waals surface area (Å²) in [5, 5.41) is 0. The summed E-state index contributed by atoms with van der Waals surface area (Å²) >= 11 is 0. The highest BCUT2D eigenvalue weighted by Crippen LogP contribution is 2.26. The summed E-state index contributed by atoms with van der Waals surface area (Å²) in [7, 11) is 0. The molecule has 0 aromatic heterocycles. The van der Waals surface area contributed by atoms with E-state index in [0.29, 0.717) is 0 Å². The molecule has 0 nitrogen and oxygen atoms in total. The van der Waals surface area contributed by atoms with Gasteiger partial charge in [-0.1, -0.05) is 110 Å². The lowest BCUT2D eigenvalue weighted by Crippen LogP contribution is -2.03. The van der Waals surface area contributed by atoms with Gasteiger partial charge in [-0.15, -0.1) is 0 Å². The molecule has 0 aliphatic heterocycles. The fraction of sp³-hybridized carbons (Fsp3) is 1.00. The van der Waals surface area contributed by atoms with Crippen molar-refractivity contribution < 1.29 is 0 Å². The number of hydrogen-bond acceptors (Lipinski definition) is 0. The van der Waals surface area contributed by atoms with Crippen LogP contribution in [0.25, 0.3) is 0 Å². The van der Waals surface area contributed by atoms with Crippen molar-refractivity contribution in [1.82, 2.24) is 0 Å². The van der Waals surface area contributed by atoms with Crippen LogP contribution in [0.5, 0.6) is 0 Å². The van der Waals surface area contributed by atoms with Gasteiger partial charge in [0.1, 0.15) is 0 Å². The van der Waals surface area contributed by atoms with E-state index in [1.54, 1.807) is 0 Å². The third-order valence-electron chi connectivity index (χ3n) is 4.69. The first kappa shape index (κ1) is 16.1. The third-order valence-corrected chi connectivity index (χ3v) is 4.69. The van der Waals surface area contributed by atoms with E-state index < -0.39 is 0 Å². The van der Waals surface area contributed by atoms with Crippen LogP contribution in [0.3, 0.4) is 0 Å². The largest absolute Gasteiger partial charge is 0.0654 e. The fourth-order valence-electron chi connectivity index (χ4n) is 3.40. The molecule has 0 aromatic rings. The summed E-state index contributed by atoms with van der Waals surface area (Å²) in [4.78, 5) is 0. The predicted molar refractivity (Wildman–Crippen MR) is 83.0 cm³/mol. The van der Waals surface area contributed by atoms with Crippen LogP contribution < -0.4 is 0 Å². The van der Waals surface area contributed by atoms with Crippen molar-refractivity contribution in [1.29, 1.82) is 0 Å². The predicted octanol–water partition coefficient (Wildman–Crippen LogP) is 6.88. The average molecular weight is 252 g/mol. The molecule has 0 heteroatoms. The highest BCUT2D eigenvalue weighted by atomic mass is 14.2. The Bertz CT molecular complexity index is 153. The topological polar surface area (TPSA) is 0 Å². The van der Waals surface area contributed by atoms with Gasteiger partial charge in [-0.25, -0.2) is 0 Å². The van der Waals surface area contributed by atoms with Gasteiger partial charge in [-0.3, -0.25) is 0 Å². The summed E-state index contributed by atoms with van der Waals surface area (Å²) in [5.41, 5.74) is 0. The Morgan fingerprint density at radius 1 is 0.611 bits per heavy atom. The lowest BCUT2D eigenvalue weighted by Gasteiger charge is -2.19. The smallest absolute Gasteiger partial charge is 0.0414 e. The van der Waals surface area contributed by atoms with Gasteiger partial charge in [0.15, 0.2) is 0 Å². The summed E-state index contributed by atoms with van der Waals surface area (Å²) in [6.07, 6.45) is 23.9. The van der Waals surface area contributed by atoms with Gasteiger partial charge in [0.2, 0.25) is 0 Å². The van der Waals surface area contributed by atoms with E-state index in [4.69, 9.17) is 0 Å². The maximum absolute atomic E-state index is 2.30. The molecule has 0 bridgehead atoms. The molecule has 0 unspecified atom stereocenters. The van der Waals surface area contributed by atoms with Gasteiger partial charge in [-0.2, -0.15) is 0 Å². The van der Waals surface area contributed by atoms with Crippen molar-refractivity contribution in [2.75, 3.05) is 0 Å². The lowest BCUT2D eigenvalue weighted by molar-refractivity contribution is 0.346. The first-order valence-electron chi connectivity index (χ1n) is 8.93. The van der Waals surface area contributed by atoms with Gasteiger partial charge < -0.3 is 0 Å². The first-order valence-corrected chi connectivity index (χ1v) is 8.93. The molecule has 18 heavy (non-hydrogen) atoms. The van der Waals surface area contributed by atoms with Gasteiger partial charge in [0.25, 0.3) is 0 Å². The minimum Gasteiger partial charge on any atom is -0.0654 e. The molecular weight excluding hydrogens is 216 g/mol. The monoisotopic (exact) mass is 252 g/mol. The van der Waals surface area contributed by atoms with Crippen molar-refractivity contribution >= 4 is 0 Å². The molecule has 0 radical (unpaired) electrons. The van der Waals surface area contributed by atoms with Crippen LogP contribution in [0.1, 0.15) is 110 Å². The van der Waals surface area contributed by atoms with Crippen LogP contribution in [0, 0.1) is 5.92 Å². The summed E-state index contributed by atoms with van der Waals surface area (Å²) in [6.45, 7) is 2.30. The van der Waals surface area contributed by atoms with Crippen LogP contribution >= 0.6 is 0 Å². The summed E-state index contributed by atoms with van der Waals surface area (Å²) in [5.74, 6) is 1.09. The van der Waals surface area contributed by atoms with E-state index in [9.17, 15) is 0 Å². The zero-order valence-electron chi connectivity index (χ0n) is 12.9. The van der Waals surface area contributed by atoms with Crippen LogP contribution in [0.2, 0.25) is 0 Å². The van der Waals surface area contributed by atoms with E-state index in [-0.39, 0.29) is 0 Å². The molecule has 1 saturated carbocycles. The highest BCUT2D eigenvalue weighted by molar-refractivity contribution is 4.64. The van der Waals surface area contributed by atoms with Gasteiger partial charge in [0, 0.05) is 0 Å². The number of hydrogen-bond donors (Lipinski definition) is 0. The third kappa shape index (κ3) is 9.00. The van der Waals surface area contributed by atoms with Gasteiger partial charge >= 0.3 is 0 Å². The van der Waals surface area contributed by atoms with Crippen molar-refractivity contribution in [2.45, 2.75) is 110 Å². The number of rotatable bonds is 9. The first-order chi connectivity index (χ1) is 8.93. The van der Waals surface area contributed by atoms with E-state index in [1.807, 2.05) is 0 Å². The highest BCUT2D eigenvalue weighted by Gasteiger charge is 2.10. The Labute approximate surface area is 116 Å². The molecule has 0 saturated heterocycles. The maximum Gasteiger partial charge on any atom is -0.0414 e. The van der Waals surface area contributed by atoms with Crippen molar-refractivity contribution in [3.05, 3.63) is 0 Å². The second kappa shape index (κ2) is 12.1. The Morgan fingerprint density at radius 2 is 1.11 bits per heavy atom. The second-order valence-electron chi connectivity index (χ2n) is 6.47. The van der Waals surface area contributed by atoms with Crippen LogP contribution in [-0.4, -0.2) is 0 Å². The molecule has 0 heterocycles. The number of unbranched alkanes of at least 4 members (excludes halogenated alkanes) is 7. The van der Waals surface area contributed by atoms with Crippen LogP contribution in [-0.2, 0) is 0 Å². The van der Waals surface area contributed by atoms with Crippen LogP contribution in [0.4, 0.5) is 0 Å². The van der Waals surface area contributed by atoms with Crippen molar-refractivity contribution in [3.8, 4) is 0 Å². The molecule has 0 N–H and O–H groups in total. The molecule has 1 fully saturated rings. The lowest BCUT2D eigenvalue weighted by atomic mass is 9.87. The zero-order valence-corrected chi connectivity index (χ0v) is 12.9.